The van der Waals surface area contributed by atoms with Gasteiger partial charge in [0.15, 0.2) is 34.3 Å². The van der Waals surface area contributed by atoms with Gasteiger partial charge in [0.2, 0.25) is 22.7 Å². The third-order valence-electron chi connectivity index (χ3n) is 20.8. The maximum Gasteiger partial charge on any atom is 0.255 e. The second-order valence-electron chi connectivity index (χ2n) is 27.7. The van der Waals surface area contributed by atoms with Crippen molar-refractivity contribution in [1.82, 2.24) is 19.6 Å². The lowest BCUT2D eigenvalue weighted by atomic mass is 9.57. The van der Waals surface area contributed by atoms with Crippen LogP contribution in [0.5, 0.6) is 11.5 Å². The SMILES string of the molecule is CN(C)c1cc(N)c(O)c2c1C[C@H]1C[C@H]3[C@H](N(C)C)C(=O)C(C(N)=O)=C(O)[C@@]3(O)C(=O)C1=C2O.CN(C)c1cc(NC(=O)[C@@H]2CCCN2CC(=O)c2ccccc2)c(O)c2c1C[C@H]1C[C@H]3[C@H](N(C)C)C(=O)C(C(N)=O)=C(O)[C@@]3(O)C(=O)C1=C2O.O=C(CN1CCC[C@H]1C(=O)Cl)c1ccccc1. The average Bonchev–Trinajstić information content (AvgIpc) is 1.07. The molecule has 2 saturated heterocycles. The summed E-state index contributed by atoms with van der Waals surface area (Å²) in [6, 6.07) is 17.8. The molecule has 15 N–H and O–H groups in total. The number of rotatable bonds is 15. The largest absolute Gasteiger partial charge is 0.508 e. The summed E-state index contributed by atoms with van der Waals surface area (Å²) in [5.74, 6) is -15.1. The molecule has 4 aromatic carbocycles. The molecule has 0 bridgehead atoms. The number of aromatic hydroxyl groups is 2. The zero-order valence-electron chi connectivity index (χ0n) is 57.0. The molecule has 536 valence electrons. The normalized spacial score (nSPS) is 26.1. The molecule has 2 heterocycles. The highest BCUT2D eigenvalue weighted by atomic mass is 35.5. The number of ketones is 6. The number of likely N-dealkylation sites (tertiary alicyclic amines) is 2. The first-order valence-electron chi connectivity index (χ1n) is 32.8. The highest BCUT2D eigenvalue weighted by Gasteiger charge is 2.66. The van der Waals surface area contributed by atoms with Crippen LogP contribution >= 0.6 is 11.6 Å². The van der Waals surface area contributed by atoms with Crippen molar-refractivity contribution in [3.8, 4) is 11.5 Å². The van der Waals surface area contributed by atoms with Gasteiger partial charge in [-0.05, 0) is 139 Å². The number of Topliss-reactive ketones (excluding diaryl/α,β-unsaturated/α-hetero) is 6. The molecule has 0 aromatic heterocycles. The van der Waals surface area contributed by atoms with E-state index in [0.717, 1.165) is 19.4 Å². The maximum absolute atomic E-state index is 14.2. The van der Waals surface area contributed by atoms with E-state index < -0.39 is 140 Å². The van der Waals surface area contributed by atoms with Gasteiger partial charge in [-0.3, -0.25) is 67.5 Å². The van der Waals surface area contributed by atoms with Gasteiger partial charge >= 0.3 is 0 Å². The number of hydrogen-bond donors (Lipinski definition) is 12. The quantitative estimate of drug-likeness (QED) is 0.0267. The fourth-order valence-electron chi connectivity index (χ4n) is 16.1. The summed E-state index contributed by atoms with van der Waals surface area (Å²) in [6.45, 7) is 1.59. The van der Waals surface area contributed by atoms with Crippen LogP contribution in [0.25, 0.3) is 11.5 Å². The van der Waals surface area contributed by atoms with E-state index in [0.29, 0.717) is 53.0 Å². The first-order valence-corrected chi connectivity index (χ1v) is 33.2. The number of nitrogen functional groups attached to an aromatic ring is 1. The summed E-state index contributed by atoms with van der Waals surface area (Å²) in [7, 11) is 13.2. The zero-order valence-corrected chi connectivity index (χ0v) is 57.7. The number of carbonyl (C=O) groups excluding carboxylic acids is 10. The first-order chi connectivity index (χ1) is 47.5. The number of hydrogen-bond acceptors (Lipinski definition) is 25. The number of aliphatic hydroxyl groups is 6. The van der Waals surface area contributed by atoms with Crippen molar-refractivity contribution < 1.29 is 88.8 Å². The Bertz CT molecular complexity index is 4300. The summed E-state index contributed by atoms with van der Waals surface area (Å²) >= 11 is 5.52. The molecule has 12 rings (SSSR count). The van der Waals surface area contributed by atoms with E-state index >= 15 is 0 Å². The number of anilines is 4. The molecule has 3 amide bonds. The number of phenolic OH excluding ortho intramolecular Hbond substituents is 2. The highest BCUT2D eigenvalue weighted by molar-refractivity contribution is 6.64. The van der Waals surface area contributed by atoms with E-state index in [-0.39, 0.29) is 95.3 Å². The monoisotopic (exact) mass is 1410 g/mol. The summed E-state index contributed by atoms with van der Waals surface area (Å²) < 4.78 is 0. The predicted octanol–water partition coefficient (Wildman–Crippen LogP) is 3.03. The fraction of sp³-hybridized carbons (Fsp3) is 0.417. The van der Waals surface area contributed by atoms with Crippen molar-refractivity contribution in [2.24, 2.45) is 35.1 Å². The number of nitrogens with two attached hydrogens (primary N) is 3. The minimum absolute atomic E-state index is 0.0115. The number of benzene rings is 4. The Morgan fingerprint density at radius 2 is 0.960 bits per heavy atom. The summed E-state index contributed by atoms with van der Waals surface area (Å²) in [5, 5.41) is 93.0. The van der Waals surface area contributed by atoms with Crippen LogP contribution in [-0.4, -0.2) is 236 Å². The van der Waals surface area contributed by atoms with Crippen LogP contribution in [0.4, 0.5) is 22.7 Å². The molecule has 0 unspecified atom stereocenters. The standard InChI is InChI=1S/C36H41N5O9.C23H28N4O7.C13H14ClNO2/c1-39(2)23-15-21(38-35(49)22-11-8-12-41(22)16-24(42)17-9-6-5-7-10-17)29(43)26-19(23)13-18-14-20-28(40(3)4)31(45)27(34(37)48)33(47)36(20,50)32(46)25(18)30(26)44;1-26(2)12-7-11(24)17(28)14-9(12)5-8-6-10-16(27(3)4)19(30)15(22(25)33)21(32)23(10,34)20(31)13(8)18(14)29;14-13(17)11-7-4-8-15(11)9-12(16)10-5-2-1-3-6-10/h5-7,9-10,15,18,20,22,28,43-44,47,50H,8,11-14,16H2,1-4H3,(H2,37,48)(H,38,49);7-8,10,16,28-29,32,34H,5-6,24H2,1-4H3,(H2,25,33);1-3,5-6,11H,4,7-9H2/t18-,20-,22-,28-,36-;8-,10-,16-,23-;11-/m000/s1. The molecule has 101 heavy (non-hydrogen) atoms. The second-order valence-corrected chi connectivity index (χ2v) is 28.0. The zero-order chi connectivity index (χ0) is 74.1. The summed E-state index contributed by atoms with van der Waals surface area (Å²) in [6.07, 6.45) is 3.12. The lowest BCUT2D eigenvalue weighted by Crippen LogP contribution is -2.65. The molecule has 2 saturated carbocycles. The van der Waals surface area contributed by atoms with E-state index in [1.165, 1.54) is 23.9 Å². The number of phenols is 2. The van der Waals surface area contributed by atoms with Gasteiger partial charge in [0.1, 0.15) is 45.7 Å². The number of fused-ring (bicyclic) bond motifs is 6. The minimum atomic E-state index is -2.76. The van der Waals surface area contributed by atoms with Gasteiger partial charge in [0.25, 0.3) is 11.8 Å². The van der Waals surface area contributed by atoms with E-state index in [9.17, 15) is 88.8 Å². The van der Waals surface area contributed by atoms with E-state index in [4.69, 9.17) is 28.8 Å². The van der Waals surface area contributed by atoms with E-state index in [1.807, 2.05) is 29.2 Å². The van der Waals surface area contributed by atoms with E-state index in [1.54, 1.807) is 106 Å². The van der Waals surface area contributed by atoms with E-state index in [2.05, 4.69) is 5.32 Å². The van der Waals surface area contributed by atoms with Gasteiger partial charge in [-0.1, -0.05) is 60.7 Å². The molecule has 4 aromatic rings. The number of primary amides is 2. The third-order valence-corrected chi connectivity index (χ3v) is 21.1. The fourth-order valence-corrected chi connectivity index (χ4v) is 16.3. The van der Waals surface area contributed by atoms with Gasteiger partial charge in [-0.15, -0.1) is 0 Å². The van der Waals surface area contributed by atoms with Crippen LogP contribution in [0, 0.1) is 23.7 Å². The molecule has 4 fully saturated rings. The van der Waals surface area contributed by atoms with Gasteiger partial charge in [0.05, 0.1) is 59.8 Å². The summed E-state index contributed by atoms with van der Waals surface area (Å²) in [4.78, 5) is 138. The second kappa shape index (κ2) is 28.3. The van der Waals surface area contributed by atoms with Crippen molar-refractivity contribution in [3.63, 3.8) is 0 Å². The molecular formula is C72H83ClN10O18. The molecule has 29 heteroatoms. The molecule has 28 nitrogen and oxygen atoms in total. The Hall–Kier alpha value is -9.81. The number of amides is 3. The van der Waals surface area contributed by atoms with Gasteiger partial charge in [0, 0.05) is 73.7 Å². The molecule has 0 radical (unpaired) electrons. The lowest BCUT2D eigenvalue weighted by molar-refractivity contribution is -0.155. The topological polar surface area (TPSA) is 442 Å². The molecule has 10 atom stereocenters. The number of nitrogens with zero attached hydrogens (tertiary/aromatic N) is 6. The van der Waals surface area contributed by atoms with Gasteiger partial charge in [-0.25, -0.2) is 0 Å². The van der Waals surface area contributed by atoms with Gasteiger partial charge in [-0.2, -0.15) is 0 Å². The number of carbonyl (C=O) groups is 10. The van der Waals surface area contributed by atoms with Crippen LogP contribution in [-0.2, 0) is 51.2 Å². The predicted molar refractivity (Wildman–Crippen MR) is 372 cm³/mol. The van der Waals surface area contributed by atoms with Crippen molar-refractivity contribution in [2.45, 2.75) is 86.7 Å². The van der Waals surface area contributed by atoms with Crippen LogP contribution in [0.15, 0.2) is 107 Å². The molecule has 6 aliphatic carbocycles. The number of likely N-dealkylation sites (N-methyl/N-ethyl adjacent to an activating group) is 2. The molecular weight excluding hydrogens is 1330 g/mol. The number of nitrogens with one attached hydrogen (secondary N) is 1. The van der Waals surface area contributed by atoms with Crippen molar-refractivity contribution in [1.29, 1.82) is 0 Å². The highest BCUT2D eigenvalue weighted by Crippen LogP contribution is 2.57. The smallest absolute Gasteiger partial charge is 0.255 e. The first kappa shape index (κ1) is 73.9. The maximum atomic E-state index is 14.2. The lowest BCUT2D eigenvalue weighted by Gasteiger charge is -2.50. The average molecular weight is 1410 g/mol. The van der Waals surface area contributed by atoms with Crippen LogP contribution in [0.1, 0.15) is 81.5 Å². The summed E-state index contributed by atoms with van der Waals surface area (Å²) in [5.41, 5.74) is 12.2. The van der Waals surface area contributed by atoms with Crippen LogP contribution in [0.2, 0.25) is 0 Å². The van der Waals surface area contributed by atoms with Gasteiger partial charge < -0.3 is 73.2 Å². The van der Waals surface area contributed by atoms with Crippen molar-refractivity contribution in [2.75, 3.05) is 103 Å². The molecule has 2 aliphatic heterocycles. The number of aliphatic hydroxyl groups excluding tert-OH is 4. The minimum Gasteiger partial charge on any atom is -0.508 e. The Morgan fingerprint density at radius 3 is 1.35 bits per heavy atom. The molecule has 8 aliphatic rings. The van der Waals surface area contributed by atoms with Crippen molar-refractivity contribution >= 4 is 104 Å². The van der Waals surface area contributed by atoms with Crippen molar-refractivity contribution in [3.05, 3.63) is 140 Å². The Kier molecular flexibility index (Phi) is 20.7. The Balaban J connectivity index is 0.000000184. The Labute approximate surface area is 586 Å². The third kappa shape index (κ3) is 12.8. The van der Waals surface area contributed by atoms with Crippen LogP contribution in [0.3, 0.4) is 0 Å². The molecule has 0 spiro atoms. The Morgan fingerprint density at radius 1 is 0.574 bits per heavy atom. The number of halogens is 1. The van der Waals surface area contributed by atoms with Crippen LogP contribution < -0.4 is 32.3 Å².